The molecule has 0 radical (unpaired) electrons. The Kier molecular flexibility index (Phi) is 3.80. The van der Waals surface area contributed by atoms with Crippen molar-refractivity contribution in [2.24, 2.45) is 0 Å². The lowest BCUT2D eigenvalue weighted by atomic mass is 10.2. The molecular formula is C15H10N2O4S. The smallest absolute Gasteiger partial charge is 0.269 e. The van der Waals surface area contributed by atoms with Gasteiger partial charge in [-0.15, -0.1) is 11.3 Å². The van der Waals surface area contributed by atoms with Crippen LogP contribution in [0.4, 0.5) is 5.69 Å². The molecule has 0 spiro atoms. The van der Waals surface area contributed by atoms with Gasteiger partial charge in [-0.05, 0) is 23.6 Å². The van der Waals surface area contributed by atoms with E-state index in [9.17, 15) is 14.9 Å². The number of nitro benzene ring substituents is 1. The molecular weight excluding hydrogens is 304 g/mol. The van der Waals surface area contributed by atoms with Crippen LogP contribution in [0.3, 0.4) is 0 Å². The molecule has 0 saturated carbocycles. The van der Waals surface area contributed by atoms with Gasteiger partial charge in [-0.1, -0.05) is 6.07 Å². The van der Waals surface area contributed by atoms with Crippen molar-refractivity contribution in [3.63, 3.8) is 0 Å². The lowest BCUT2D eigenvalue weighted by Crippen LogP contribution is -1.99. The van der Waals surface area contributed by atoms with E-state index in [4.69, 9.17) is 4.42 Å². The van der Waals surface area contributed by atoms with Gasteiger partial charge in [0.1, 0.15) is 5.76 Å². The Morgan fingerprint density at radius 1 is 1.27 bits per heavy atom. The van der Waals surface area contributed by atoms with E-state index in [1.54, 1.807) is 18.2 Å². The van der Waals surface area contributed by atoms with E-state index in [2.05, 4.69) is 4.98 Å². The van der Waals surface area contributed by atoms with Crippen molar-refractivity contribution >= 4 is 22.8 Å². The zero-order valence-electron chi connectivity index (χ0n) is 11.3. The van der Waals surface area contributed by atoms with Gasteiger partial charge in [0, 0.05) is 17.7 Å². The SMILES string of the molecule is O=C(Cc1cnc(-c2ccc([N+](=O)[O-])cc2)o1)c1cccs1. The van der Waals surface area contributed by atoms with Crippen LogP contribution in [0.25, 0.3) is 11.5 Å². The van der Waals surface area contributed by atoms with Gasteiger partial charge < -0.3 is 4.42 Å². The number of Topliss-reactive ketones (excluding diaryl/α,β-unsaturated/α-hetero) is 1. The van der Waals surface area contributed by atoms with Crippen molar-refractivity contribution in [2.45, 2.75) is 6.42 Å². The molecule has 2 heterocycles. The molecule has 0 bridgehead atoms. The Hall–Kier alpha value is -2.80. The van der Waals surface area contributed by atoms with Gasteiger partial charge in [-0.2, -0.15) is 0 Å². The van der Waals surface area contributed by atoms with Gasteiger partial charge in [-0.3, -0.25) is 14.9 Å². The molecule has 3 rings (SSSR count). The maximum absolute atomic E-state index is 12.0. The van der Waals surface area contributed by atoms with E-state index in [1.807, 2.05) is 11.4 Å². The molecule has 0 amide bonds. The zero-order chi connectivity index (χ0) is 15.5. The van der Waals surface area contributed by atoms with Crippen LogP contribution in [-0.2, 0) is 6.42 Å². The van der Waals surface area contributed by atoms with E-state index in [0.29, 0.717) is 22.1 Å². The second-order valence-electron chi connectivity index (χ2n) is 4.51. The largest absolute Gasteiger partial charge is 0.441 e. The number of hydrogen-bond donors (Lipinski definition) is 0. The first-order valence-electron chi connectivity index (χ1n) is 6.40. The van der Waals surface area contributed by atoms with Gasteiger partial charge in [-0.25, -0.2) is 4.98 Å². The van der Waals surface area contributed by atoms with Gasteiger partial charge >= 0.3 is 0 Å². The van der Waals surface area contributed by atoms with Crippen LogP contribution in [0.15, 0.2) is 52.4 Å². The third kappa shape index (κ3) is 2.94. The summed E-state index contributed by atoms with van der Waals surface area (Å²) in [6, 6.07) is 9.48. The molecule has 0 fully saturated rings. The van der Waals surface area contributed by atoms with Crippen molar-refractivity contribution in [2.75, 3.05) is 0 Å². The van der Waals surface area contributed by atoms with Crippen molar-refractivity contribution in [3.8, 4) is 11.5 Å². The number of ketones is 1. The number of benzene rings is 1. The van der Waals surface area contributed by atoms with Crippen molar-refractivity contribution in [1.29, 1.82) is 0 Å². The van der Waals surface area contributed by atoms with E-state index in [0.717, 1.165) is 0 Å². The number of nitrogens with zero attached hydrogens (tertiary/aromatic N) is 2. The number of carbonyl (C=O) groups excluding carboxylic acids is 1. The highest BCUT2D eigenvalue weighted by atomic mass is 32.1. The Balaban J connectivity index is 1.76. The Morgan fingerprint density at radius 2 is 2.05 bits per heavy atom. The molecule has 22 heavy (non-hydrogen) atoms. The number of oxazole rings is 1. The van der Waals surface area contributed by atoms with Crippen molar-refractivity contribution in [1.82, 2.24) is 4.98 Å². The van der Waals surface area contributed by atoms with E-state index < -0.39 is 4.92 Å². The van der Waals surface area contributed by atoms with Crippen LogP contribution < -0.4 is 0 Å². The van der Waals surface area contributed by atoms with Crippen LogP contribution in [-0.4, -0.2) is 15.7 Å². The number of non-ortho nitro benzene ring substituents is 1. The number of hydrogen-bond acceptors (Lipinski definition) is 6. The zero-order valence-corrected chi connectivity index (χ0v) is 12.1. The summed E-state index contributed by atoms with van der Waals surface area (Å²) in [5.41, 5.74) is 0.629. The molecule has 0 atom stereocenters. The number of nitro groups is 1. The van der Waals surface area contributed by atoms with E-state index in [-0.39, 0.29) is 17.9 Å². The average molecular weight is 314 g/mol. The van der Waals surface area contributed by atoms with Crippen LogP contribution in [0.5, 0.6) is 0 Å². The van der Waals surface area contributed by atoms with Crippen LogP contribution in [0.1, 0.15) is 15.4 Å². The van der Waals surface area contributed by atoms with Crippen LogP contribution in [0.2, 0.25) is 0 Å². The number of carbonyl (C=O) groups is 1. The van der Waals surface area contributed by atoms with Crippen LogP contribution in [0, 0.1) is 10.1 Å². The molecule has 110 valence electrons. The minimum Gasteiger partial charge on any atom is -0.441 e. The summed E-state index contributed by atoms with van der Waals surface area (Å²) < 4.78 is 5.54. The van der Waals surface area contributed by atoms with Crippen molar-refractivity contribution in [3.05, 3.63) is 68.7 Å². The first-order chi connectivity index (χ1) is 10.6. The lowest BCUT2D eigenvalue weighted by Gasteiger charge is -1.96. The minimum absolute atomic E-state index is 0.00315. The first-order valence-corrected chi connectivity index (χ1v) is 7.27. The molecule has 0 unspecified atom stereocenters. The summed E-state index contributed by atoms with van der Waals surface area (Å²) >= 11 is 1.38. The summed E-state index contributed by atoms with van der Waals surface area (Å²) in [5, 5.41) is 12.5. The fourth-order valence-corrected chi connectivity index (χ4v) is 2.60. The molecule has 0 aliphatic rings. The molecule has 2 aromatic heterocycles. The summed E-state index contributed by atoms with van der Waals surface area (Å²) in [6.07, 6.45) is 1.64. The molecule has 1 aromatic carbocycles. The number of rotatable bonds is 5. The maximum Gasteiger partial charge on any atom is 0.269 e. The highest BCUT2D eigenvalue weighted by molar-refractivity contribution is 7.12. The fraction of sp³-hybridized carbons (Fsp3) is 0.0667. The molecule has 0 saturated heterocycles. The second kappa shape index (κ2) is 5.90. The Labute approximate surface area is 129 Å². The summed E-state index contributed by atoms with van der Waals surface area (Å²) in [7, 11) is 0. The summed E-state index contributed by atoms with van der Waals surface area (Å²) in [5.74, 6) is 0.775. The quantitative estimate of drug-likeness (QED) is 0.407. The monoisotopic (exact) mass is 314 g/mol. The molecule has 7 heteroatoms. The predicted octanol–water partition coefficient (Wildman–Crippen LogP) is 3.74. The summed E-state index contributed by atoms with van der Waals surface area (Å²) in [4.78, 5) is 26.9. The Morgan fingerprint density at radius 3 is 2.68 bits per heavy atom. The van der Waals surface area contributed by atoms with Gasteiger partial charge in [0.25, 0.3) is 5.69 Å². The highest BCUT2D eigenvalue weighted by Gasteiger charge is 2.13. The number of thiophene rings is 1. The molecule has 3 aromatic rings. The van der Waals surface area contributed by atoms with Crippen molar-refractivity contribution < 1.29 is 14.1 Å². The number of aromatic nitrogens is 1. The Bertz CT molecular complexity index is 806. The normalized spacial score (nSPS) is 10.5. The van der Waals surface area contributed by atoms with Gasteiger partial charge in [0.15, 0.2) is 5.78 Å². The second-order valence-corrected chi connectivity index (χ2v) is 5.46. The van der Waals surface area contributed by atoms with Gasteiger partial charge in [0.05, 0.1) is 22.4 Å². The average Bonchev–Trinajstić information content (AvgIpc) is 3.19. The van der Waals surface area contributed by atoms with E-state index >= 15 is 0 Å². The maximum atomic E-state index is 12.0. The van der Waals surface area contributed by atoms with E-state index in [1.165, 1.54) is 29.7 Å². The summed E-state index contributed by atoms with van der Waals surface area (Å²) in [6.45, 7) is 0. The lowest BCUT2D eigenvalue weighted by molar-refractivity contribution is -0.384. The first kappa shape index (κ1) is 14.2. The highest BCUT2D eigenvalue weighted by Crippen LogP contribution is 2.23. The predicted molar refractivity (Wildman–Crippen MR) is 80.9 cm³/mol. The van der Waals surface area contributed by atoms with Gasteiger partial charge in [0.2, 0.25) is 5.89 Å². The molecule has 0 aliphatic carbocycles. The third-order valence-electron chi connectivity index (χ3n) is 3.01. The molecule has 0 aliphatic heterocycles. The molecule has 6 nitrogen and oxygen atoms in total. The van der Waals surface area contributed by atoms with Crippen LogP contribution >= 0.6 is 11.3 Å². The topological polar surface area (TPSA) is 86.2 Å². The third-order valence-corrected chi connectivity index (χ3v) is 3.92. The fourth-order valence-electron chi connectivity index (χ4n) is 1.93. The minimum atomic E-state index is -0.468. The molecule has 0 N–H and O–H groups in total. The standard InChI is InChI=1S/C15H10N2O4S/c18-13(14-2-1-7-22-14)8-12-9-16-15(21-12)10-3-5-11(6-4-10)17(19)20/h1-7,9H,8H2.